The highest BCUT2D eigenvalue weighted by atomic mass is 32.2. The zero-order chi connectivity index (χ0) is 11.4. The van der Waals surface area contributed by atoms with Crippen LogP contribution in [0.5, 0.6) is 0 Å². The summed E-state index contributed by atoms with van der Waals surface area (Å²) in [6.45, 7) is 0. The normalized spacial score (nSPS) is 10.0. The number of nitrogen functional groups attached to an aromatic ring is 1. The highest BCUT2D eigenvalue weighted by molar-refractivity contribution is 8.14. The molecule has 80 valence electrons. The molecule has 2 N–H and O–H groups in total. The summed E-state index contributed by atoms with van der Waals surface area (Å²) in [4.78, 5) is 12.8. The first-order valence-corrected chi connectivity index (χ1v) is 5.70. The second-order valence-corrected chi connectivity index (χ2v) is 4.37. The Balaban J connectivity index is 2.12. The molecular formula is C13H11NOS. The van der Waals surface area contributed by atoms with Gasteiger partial charge in [-0.25, -0.2) is 0 Å². The van der Waals surface area contributed by atoms with Crippen LogP contribution in [-0.2, 0) is 0 Å². The predicted octanol–water partition coefficient (Wildman–Crippen LogP) is 3.20. The summed E-state index contributed by atoms with van der Waals surface area (Å²) in [7, 11) is 0. The van der Waals surface area contributed by atoms with Crippen molar-refractivity contribution in [2.75, 3.05) is 5.73 Å². The van der Waals surface area contributed by atoms with Crippen LogP contribution in [0.3, 0.4) is 0 Å². The van der Waals surface area contributed by atoms with Gasteiger partial charge >= 0.3 is 0 Å². The maximum atomic E-state index is 11.8. The minimum Gasteiger partial charge on any atom is -0.399 e. The summed E-state index contributed by atoms with van der Waals surface area (Å²) in [6, 6.07) is 16.5. The lowest BCUT2D eigenvalue weighted by Crippen LogP contribution is -1.93. The van der Waals surface area contributed by atoms with E-state index in [1.807, 2.05) is 30.3 Å². The van der Waals surface area contributed by atoms with Gasteiger partial charge in [-0.05, 0) is 48.2 Å². The molecule has 0 bridgehead atoms. The Kier molecular flexibility index (Phi) is 3.27. The van der Waals surface area contributed by atoms with Gasteiger partial charge in [-0.3, -0.25) is 4.79 Å². The fourth-order valence-corrected chi connectivity index (χ4v) is 2.03. The molecule has 0 aliphatic carbocycles. The predicted molar refractivity (Wildman–Crippen MR) is 67.5 cm³/mol. The standard InChI is InChI=1S/C13H11NOS/c14-11-8-6-10(7-9-11)13(15)16-12-4-2-1-3-5-12/h1-9H,14H2. The van der Waals surface area contributed by atoms with Gasteiger partial charge in [-0.2, -0.15) is 0 Å². The summed E-state index contributed by atoms with van der Waals surface area (Å²) in [5.74, 6) is 0. The number of carbonyl (C=O) groups excluding carboxylic acids is 1. The highest BCUT2D eigenvalue weighted by Crippen LogP contribution is 2.22. The number of thioether (sulfide) groups is 1. The van der Waals surface area contributed by atoms with Crippen LogP contribution in [-0.4, -0.2) is 5.12 Å². The quantitative estimate of drug-likeness (QED) is 0.635. The fraction of sp³-hybridized carbons (Fsp3) is 0. The molecule has 0 amide bonds. The van der Waals surface area contributed by atoms with Gasteiger partial charge in [0.2, 0.25) is 5.12 Å². The maximum absolute atomic E-state index is 11.8. The minimum atomic E-state index is 0.0335. The van der Waals surface area contributed by atoms with E-state index in [-0.39, 0.29) is 5.12 Å². The number of benzene rings is 2. The summed E-state index contributed by atoms with van der Waals surface area (Å²) in [6.07, 6.45) is 0. The molecule has 16 heavy (non-hydrogen) atoms. The van der Waals surface area contributed by atoms with Crippen LogP contribution in [0, 0.1) is 0 Å². The van der Waals surface area contributed by atoms with Crippen molar-refractivity contribution in [2.45, 2.75) is 4.90 Å². The Morgan fingerprint density at radius 2 is 1.56 bits per heavy atom. The second kappa shape index (κ2) is 4.86. The van der Waals surface area contributed by atoms with E-state index >= 15 is 0 Å². The van der Waals surface area contributed by atoms with Gasteiger partial charge in [0.1, 0.15) is 0 Å². The number of nitrogens with two attached hydrogens (primary N) is 1. The molecule has 0 heterocycles. The molecular weight excluding hydrogens is 218 g/mol. The molecule has 0 aliphatic heterocycles. The number of anilines is 1. The Hall–Kier alpha value is -1.74. The van der Waals surface area contributed by atoms with Crippen molar-refractivity contribution >= 4 is 22.6 Å². The van der Waals surface area contributed by atoms with E-state index in [1.54, 1.807) is 24.3 Å². The lowest BCUT2D eigenvalue weighted by molar-refractivity contribution is 0.108. The van der Waals surface area contributed by atoms with E-state index in [4.69, 9.17) is 5.73 Å². The first-order chi connectivity index (χ1) is 7.75. The topological polar surface area (TPSA) is 43.1 Å². The first kappa shape index (κ1) is 10.8. The van der Waals surface area contributed by atoms with Crippen LogP contribution in [0.1, 0.15) is 10.4 Å². The van der Waals surface area contributed by atoms with Crippen molar-refractivity contribution in [1.29, 1.82) is 0 Å². The van der Waals surface area contributed by atoms with Crippen molar-refractivity contribution in [1.82, 2.24) is 0 Å². The van der Waals surface area contributed by atoms with Crippen molar-refractivity contribution in [3.05, 3.63) is 60.2 Å². The molecule has 2 aromatic carbocycles. The number of hydrogen-bond acceptors (Lipinski definition) is 3. The number of carbonyl (C=O) groups is 1. The smallest absolute Gasteiger partial charge is 0.224 e. The number of hydrogen-bond donors (Lipinski definition) is 1. The molecule has 0 saturated carbocycles. The monoisotopic (exact) mass is 229 g/mol. The summed E-state index contributed by atoms with van der Waals surface area (Å²) < 4.78 is 0. The van der Waals surface area contributed by atoms with Gasteiger partial charge in [-0.1, -0.05) is 18.2 Å². The minimum absolute atomic E-state index is 0.0335. The molecule has 0 radical (unpaired) electrons. The molecule has 2 nitrogen and oxygen atoms in total. The Bertz CT molecular complexity index is 479. The van der Waals surface area contributed by atoms with E-state index in [2.05, 4.69) is 0 Å². The summed E-state index contributed by atoms with van der Waals surface area (Å²) in [5, 5.41) is 0.0335. The van der Waals surface area contributed by atoms with Gasteiger partial charge in [0, 0.05) is 16.1 Å². The summed E-state index contributed by atoms with van der Waals surface area (Å²) >= 11 is 1.22. The van der Waals surface area contributed by atoms with Gasteiger partial charge < -0.3 is 5.73 Å². The van der Waals surface area contributed by atoms with E-state index in [0.29, 0.717) is 11.3 Å². The molecule has 2 rings (SSSR count). The van der Waals surface area contributed by atoms with Crippen LogP contribution >= 0.6 is 11.8 Å². The molecule has 0 aromatic heterocycles. The Labute approximate surface area is 98.5 Å². The van der Waals surface area contributed by atoms with E-state index in [9.17, 15) is 4.79 Å². The Morgan fingerprint density at radius 1 is 0.938 bits per heavy atom. The largest absolute Gasteiger partial charge is 0.399 e. The number of rotatable bonds is 2. The van der Waals surface area contributed by atoms with Crippen LogP contribution in [0.15, 0.2) is 59.5 Å². The van der Waals surface area contributed by atoms with Crippen molar-refractivity contribution in [3.63, 3.8) is 0 Å². The van der Waals surface area contributed by atoms with Gasteiger partial charge in [-0.15, -0.1) is 0 Å². The van der Waals surface area contributed by atoms with Crippen molar-refractivity contribution < 1.29 is 4.79 Å². The molecule has 2 aromatic rings. The van der Waals surface area contributed by atoms with Crippen molar-refractivity contribution in [2.24, 2.45) is 0 Å². The lowest BCUT2D eigenvalue weighted by Gasteiger charge is -2.01. The van der Waals surface area contributed by atoms with Gasteiger partial charge in [0.15, 0.2) is 0 Å². The molecule has 0 aliphatic rings. The van der Waals surface area contributed by atoms with E-state index in [1.165, 1.54) is 11.8 Å². The van der Waals surface area contributed by atoms with Crippen LogP contribution in [0.4, 0.5) is 5.69 Å². The van der Waals surface area contributed by atoms with Gasteiger partial charge in [0.05, 0.1) is 0 Å². The fourth-order valence-electron chi connectivity index (χ4n) is 1.27. The molecule has 0 unspecified atom stereocenters. The average molecular weight is 229 g/mol. The zero-order valence-electron chi connectivity index (χ0n) is 8.59. The third-order valence-electron chi connectivity index (χ3n) is 2.10. The van der Waals surface area contributed by atoms with E-state index < -0.39 is 0 Å². The molecule has 0 atom stereocenters. The zero-order valence-corrected chi connectivity index (χ0v) is 9.41. The molecule has 0 fully saturated rings. The summed E-state index contributed by atoms with van der Waals surface area (Å²) in [5.41, 5.74) is 6.90. The molecule has 0 saturated heterocycles. The third kappa shape index (κ3) is 2.64. The van der Waals surface area contributed by atoms with E-state index in [0.717, 1.165) is 4.90 Å². The Morgan fingerprint density at radius 3 is 2.19 bits per heavy atom. The van der Waals surface area contributed by atoms with Crippen LogP contribution in [0.25, 0.3) is 0 Å². The second-order valence-electron chi connectivity index (χ2n) is 3.32. The third-order valence-corrected chi connectivity index (χ3v) is 3.03. The average Bonchev–Trinajstić information content (AvgIpc) is 2.31. The highest BCUT2D eigenvalue weighted by Gasteiger charge is 2.06. The molecule has 3 heteroatoms. The molecule has 0 spiro atoms. The maximum Gasteiger partial charge on any atom is 0.224 e. The van der Waals surface area contributed by atoms with Crippen molar-refractivity contribution in [3.8, 4) is 0 Å². The van der Waals surface area contributed by atoms with Crippen LogP contribution in [0.2, 0.25) is 0 Å². The SMILES string of the molecule is Nc1ccc(C(=O)Sc2ccccc2)cc1. The van der Waals surface area contributed by atoms with Gasteiger partial charge in [0.25, 0.3) is 0 Å². The van der Waals surface area contributed by atoms with Crippen LogP contribution < -0.4 is 5.73 Å². The lowest BCUT2D eigenvalue weighted by atomic mass is 10.2. The first-order valence-electron chi connectivity index (χ1n) is 4.88.